The van der Waals surface area contributed by atoms with Crippen molar-refractivity contribution in [3.05, 3.63) is 65.7 Å². The largest absolute Gasteiger partial charge is 0.374 e. The minimum atomic E-state index is -3.41. The Morgan fingerprint density at radius 1 is 1.08 bits per heavy atom. The SMILES string of the molecule is CCS(=O)(=O)N1CC2(CCN(C(=O)C(COCc3ccccc3)NC(=O)C(C)(C)N)CC2)c2ccccc21.Cl. The van der Waals surface area contributed by atoms with Crippen LogP contribution in [-0.2, 0) is 36.4 Å². The number of nitrogens with zero attached hydrogens (tertiary/aromatic N) is 2. The molecule has 2 heterocycles. The Morgan fingerprint density at radius 2 is 1.69 bits per heavy atom. The molecule has 1 fully saturated rings. The normalized spacial score (nSPS) is 17.3. The topological polar surface area (TPSA) is 122 Å². The Balaban J connectivity index is 0.00000420. The highest BCUT2D eigenvalue weighted by molar-refractivity contribution is 7.92. The summed E-state index contributed by atoms with van der Waals surface area (Å²) < 4.78 is 33.0. The summed E-state index contributed by atoms with van der Waals surface area (Å²) in [6.07, 6.45) is 1.25. The first kappa shape index (κ1) is 30.9. The van der Waals surface area contributed by atoms with E-state index in [0.29, 0.717) is 39.1 Å². The highest BCUT2D eigenvalue weighted by atomic mass is 35.5. The number of hydrogen-bond acceptors (Lipinski definition) is 6. The number of hydrogen-bond donors (Lipinski definition) is 2. The first-order chi connectivity index (χ1) is 18.0. The summed E-state index contributed by atoms with van der Waals surface area (Å²) in [5, 5.41) is 2.78. The van der Waals surface area contributed by atoms with Crippen LogP contribution in [0.3, 0.4) is 0 Å². The number of nitrogens with one attached hydrogen (secondary N) is 1. The molecule has 4 rings (SSSR count). The number of carbonyl (C=O) groups is 2. The molecule has 11 heteroatoms. The van der Waals surface area contributed by atoms with Gasteiger partial charge in [0.15, 0.2) is 0 Å². The second-order valence-corrected chi connectivity index (χ2v) is 13.0. The zero-order valence-electron chi connectivity index (χ0n) is 22.8. The highest BCUT2D eigenvalue weighted by Crippen LogP contribution is 2.48. The summed E-state index contributed by atoms with van der Waals surface area (Å²) >= 11 is 0. The average Bonchev–Trinajstić information content (AvgIpc) is 3.23. The minimum Gasteiger partial charge on any atom is -0.374 e. The molecule has 2 aromatic carbocycles. The molecule has 39 heavy (non-hydrogen) atoms. The Hall–Kier alpha value is -2.66. The Labute approximate surface area is 237 Å². The van der Waals surface area contributed by atoms with Crippen LogP contribution in [0.25, 0.3) is 0 Å². The van der Waals surface area contributed by atoms with Gasteiger partial charge in [0.05, 0.1) is 30.2 Å². The number of para-hydroxylation sites is 1. The van der Waals surface area contributed by atoms with Gasteiger partial charge in [-0.05, 0) is 50.8 Å². The lowest BCUT2D eigenvalue weighted by atomic mass is 9.74. The number of benzene rings is 2. The summed E-state index contributed by atoms with van der Waals surface area (Å²) in [6, 6.07) is 16.4. The number of ether oxygens (including phenoxy) is 1. The molecule has 2 aliphatic heterocycles. The average molecular weight is 579 g/mol. The molecular formula is C28H39ClN4O5S. The molecule has 3 N–H and O–H groups in total. The molecule has 1 atom stereocenters. The monoisotopic (exact) mass is 578 g/mol. The van der Waals surface area contributed by atoms with E-state index < -0.39 is 27.5 Å². The number of anilines is 1. The van der Waals surface area contributed by atoms with Crippen molar-refractivity contribution in [1.29, 1.82) is 0 Å². The minimum absolute atomic E-state index is 0. The number of piperidine rings is 1. The van der Waals surface area contributed by atoms with Crippen LogP contribution in [0.5, 0.6) is 0 Å². The van der Waals surface area contributed by atoms with Gasteiger partial charge in [0.2, 0.25) is 21.8 Å². The Morgan fingerprint density at radius 3 is 2.31 bits per heavy atom. The van der Waals surface area contributed by atoms with Gasteiger partial charge in [0.25, 0.3) is 0 Å². The van der Waals surface area contributed by atoms with Crippen molar-refractivity contribution in [2.24, 2.45) is 5.73 Å². The van der Waals surface area contributed by atoms with E-state index in [1.807, 2.05) is 54.6 Å². The fourth-order valence-electron chi connectivity index (χ4n) is 5.18. The van der Waals surface area contributed by atoms with Crippen LogP contribution >= 0.6 is 12.4 Å². The van der Waals surface area contributed by atoms with Gasteiger partial charge in [-0.15, -0.1) is 12.4 Å². The van der Waals surface area contributed by atoms with E-state index >= 15 is 0 Å². The zero-order chi connectivity index (χ0) is 27.6. The first-order valence-corrected chi connectivity index (χ1v) is 14.7. The van der Waals surface area contributed by atoms with E-state index in [4.69, 9.17) is 10.5 Å². The fourth-order valence-corrected chi connectivity index (χ4v) is 6.39. The smallest absolute Gasteiger partial charge is 0.247 e. The lowest BCUT2D eigenvalue weighted by Gasteiger charge is -2.41. The number of halogens is 1. The van der Waals surface area contributed by atoms with Crippen molar-refractivity contribution in [3.63, 3.8) is 0 Å². The van der Waals surface area contributed by atoms with E-state index in [0.717, 1.165) is 16.8 Å². The molecule has 0 bridgehead atoms. The van der Waals surface area contributed by atoms with Crippen molar-refractivity contribution >= 4 is 39.9 Å². The van der Waals surface area contributed by atoms with E-state index in [1.165, 1.54) is 4.31 Å². The molecule has 0 radical (unpaired) electrons. The molecule has 9 nitrogen and oxygen atoms in total. The van der Waals surface area contributed by atoms with Gasteiger partial charge in [-0.25, -0.2) is 8.42 Å². The lowest BCUT2D eigenvalue weighted by Crippen LogP contribution is -2.59. The summed E-state index contributed by atoms with van der Waals surface area (Å²) in [6.45, 7) is 6.44. The van der Waals surface area contributed by atoms with E-state index in [-0.39, 0.29) is 36.1 Å². The van der Waals surface area contributed by atoms with Crippen LogP contribution in [0.4, 0.5) is 5.69 Å². The summed E-state index contributed by atoms with van der Waals surface area (Å²) in [4.78, 5) is 28.0. The predicted molar refractivity (Wildman–Crippen MR) is 154 cm³/mol. The van der Waals surface area contributed by atoms with Gasteiger partial charge in [0.1, 0.15) is 6.04 Å². The first-order valence-electron chi connectivity index (χ1n) is 13.1. The molecule has 1 spiro atoms. The number of nitrogens with two attached hydrogens (primary N) is 1. The van der Waals surface area contributed by atoms with Gasteiger partial charge < -0.3 is 20.7 Å². The van der Waals surface area contributed by atoms with Crippen LogP contribution in [-0.4, -0.2) is 68.7 Å². The van der Waals surface area contributed by atoms with Crippen LogP contribution in [0.1, 0.15) is 44.7 Å². The third-order valence-corrected chi connectivity index (χ3v) is 9.23. The molecule has 0 saturated carbocycles. The quantitative estimate of drug-likeness (QED) is 0.472. The molecule has 214 valence electrons. The van der Waals surface area contributed by atoms with Crippen LogP contribution in [0.2, 0.25) is 0 Å². The highest BCUT2D eigenvalue weighted by Gasteiger charge is 2.48. The third kappa shape index (κ3) is 6.74. The predicted octanol–water partition coefficient (Wildman–Crippen LogP) is 2.58. The lowest BCUT2D eigenvalue weighted by molar-refractivity contribution is -0.140. The van der Waals surface area contributed by atoms with Gasteiger partial charge in [-0.3, -0.25) is 13.9 Å². The molecule has 1 unspecified atom stereocenters. The summed E-state index contributed by atoms with van der Waals surface area (Å²) in [5.41, 5.74) is 7.20. The fraction of sp³-hybridized carbons (Fsp3) is 0.500. The number of fused-ring (bicyclic) bond motifs is 2. The molecule has 0 aliphatic carbocycles. The van der Waals surface area contributed by atoms with Crippen molar-refractivity contribution in [2.75, 3.05) is 36.3 Å². The standard InChI is InChI=1S/C28H38N4O5S.ClH/c1-4-38(35,36)32-20-28(22-12-8-9-13-24(22)32)14-16-31(17-15-28)25(33)23(30-26(34)27(2,3)29)19-37-18-21-10-6-5-7-11-21;/h5-13,23H,4,14-20,29H2,1-3H3,(H,30,34);1H. The zero-order valence-corrected chi connectivity index (χ0v) is 24.4. The third-order valence-electron chi connectivity index (χ3n) is 7.51. The number of sulfonamides is 1. The molecule has 0 aromatic heterocycles. The van der Waals surface area contributed by atoms with Crippen LogP contribution in [0, 0.1) is 0 Å². The van der Waals surface area contributed by atoms with Crippen molar-refractivity contribution in [3.8, 4) is 0 Å². The molecule has 2 aromatic rings. The Bertz CT molecular complexity index is 1260. The van der Waals surface area contributed by atoms with Gasteiger partial charge in [-0.2, -0.15) is 0 Å². The van der Waals surface area contributed by atoms with Crippen molar-refractivity contribution < 1.29 is 22.7 Å². The molecule has 2 aliphatic rings. The maximum absolute atomic E-state index is 13.6. The molecular weight excluding hydrogens is 540 g/mol. The summed E-state index contributed by atoms with van der Waals surface area (Å²) in [5.74, 6) is -0.628. The number of rotatable bonds is 9. The van der Waals surface area contributed by atoms with Gasteiger partial charge in [0, 0.05) is 25.0 Å². The number of amides is 2. The maximum atomic E-state index is 13.6. The van der Waals surface area contributed by atoms with Gasteiger partial charge >= 0.3 is 0 Å². The second-order valence-electron chi connectivity index (χ2n) is 10.8. The summed E-state index contributed by atoms with van der Waals surface area (Å²) in [7, 11) is -3.41. The van der Waals surface area contributed by atoms with Crippen LogP contribution < -0.4 is 15.4 Å². The maximum Gasteiger partial charge on any atom is 0.247 e. The van der Waals surface area contributed by atoms with Crippen LogP contribution in [0.15, 0.2) is 54.6 Å². The number of likely N-dealkylation sites (tertiary alicyclic amines) is 1. The molecule has 2 amide bonds. The van der Waals surface area contributed by atoms with E-state index in [1.54, 1.807) is 25.7 Å². The molecule has 1 saturated heterocycles. The second kappa shape index (κ2) is 12.2. The van der Waals surface area contributed by atoms with Crippen molar-refractivity contribution in [2.45, 2.75) is 57.2 Å². The van der Waals surface area contributed by atoms with E-state index in [2.05, 4.69) is 5.32 Å². The Kier molecular flexibility index (Phi) is 9.69. The number of carbonyl (C=O) groups excluding carboxylic acids is 2. The van der Waals surface area contributed by atoms with Gasteiger partial charge in [-0.1, -0.05) is 48.5 Å². The van der Waals surface area contributed by atoms with E-state index in [9.17, 15) is 18.0 Å². The van der Waals surface area contributed by atoms with Crippen molar-refractivity contribution in [1.82, 2.24) is 10.2 Å².